The molecule has 5 fully saturated rings. The lowest BCUT2D eigenvalue weighted by Crippen LogP contribution is -2.72. The van der Waals surface area contributed by atoms with E-state index in [4.69, 9.17) is 4.74 Å². The van der Waals surface area contributed by atoms with Crippen molar-refractivity contribution in [1.82, 2.24) is 0 Å². The van der Waals surface area contributed by atoms with Gasteiger partial charge in [-0.25, -0.2) is 0 Å². The van der Waals surface area contributed by atoms with Crippen molar-refractivity contribution >= 4 is 0 Å². The fourth-order valence-corrected chi connectivity index (χ4v) is 8.16. The highest BCUT2D eigenvalue weighted by Crippen LogP contribution is 2.73. The Labute approximate surface area is 163 Å². The molecule has 0 aromatic heterocycles. The Bertz CT molecular complexity index is 736. The molecule has 2 bridgehead atoms. The molecule has 28 heavy (non-hydrogen) atoms. The molecule has 5 aliphatic rings. The molecule has 4 aliphatic carbocycles. The maximum atomic E-state index is 12.0. The van der Waals surface area contributed by atoms with E-state index < -0.39 is 75.6 Å². The van der Waals surface area contributed by atoms with Crippen molar-refractivity contribution in [2.24, 2.45) is 22.7 Å². The molecular weight excluding hydrogens is 368 g/mol. The molecular formula is C20H32O8. The van der Waals surface area contributed by atoms with Crippen molar-refractivity contribution in [2.75, 3.05) is 0 Å². The summed E-state index contributed by atoms with van der Waals surface area (Å²) in [5.74, 6) is -1.68. The zero-order chi connectivity index (χ0) is 20.9. The number of rotatable bonds is 0. The molecule has 8 heteroatoms. The van der Waals surface area contributed by atoms with Gasteiger partial charge in [-0.1, -0.05) is 13.8 Å². The van der Waals surface area contributed by atoms with Crippen molar-refractivity contribution in [3.63, 3.8) is 0 Å². The third-order valence-electron chi connectivity index (χ3n) is 9.74. The highest BCUT2D eigenvalue weighted by atomic mass is 16.6. The average Bonchev–Trinajstić information content (AvgIpc) is 3.30. The molecule has 8 nitrogen and oxygen atoms in total. The largest absolute Gasteiger partial charge is 0.392 e. The van der Waals surface area contributed by atoms with E-state index in [1.54, 1.807) is 20.8 Å². The quantitative estimate of drug-likeness (QED) is 0.237. The molecule has 160 valence electrons. The molecule has 1 aliphatic heterocycles. The van der Waals surface area contributed by atoms with Crippen LogP contribution in [0, 0.1) is 22.7 Å². The van der Waals surface area contributed by atoms with Crippen LogP contribution in [0.1, 0.15) is 47.0 Å². The number of aliphatic hydroxyl groups excluding tert-OH is 3. The number of hydrogen-bond donors (Lipinski definition) is 7. The lowest BCUT2D eigenvalue weighted by atomic mass is 9.53. The van der Waals surface area contributed by atoms with Crippen LogP contribution in [0.25, 0.3) is 0 Å². The molecule has 1 spiro atoms. The Kier molecular flexibility index (Phi) is 3.35. The van der Waals surface area contributed by atoms with E-state index in [0.717, 1.165) is 0 Å². The van der Waals surface area contributed by atoms with Crippen LogP contribution in [0.5, 0.6) is 0 Å². The van der Waals surface area contributed by atoms with Crippen LogP contribution >= 0.6 is 0 Å². The van der Waals surface area contributed by atoms with Gasteiger partial charge in [0.1, 0.15) is 17.3 Å². The topological polar surface area (TPSA) is 154 Å². The Balaban J connectivity index is 1.79. The van der Waals surface area contributed by atoms with E-state index in [-0.39, 0.29) is 19.3 Å². The van der Waals surface area contributed by atoms with Gasteiger partial charge in [0.25, 0.3) is 0 Å². The first-order valence-corrected chi connectivity index (χ1v) is 10.2. The average molecular weight is 400 g/mol. The normalized spacial score (nSPS) is 69.3. The van der Waals surface area contributed by atoms with Gasteiger partial charge < -0.3 is 40.5 Å². The van der Waals surface area contributed by atoms with Crippen molar-refractivity contribution in [3.8, 4) is 0 Å². The van der Waals surface area contributed by atoms with Gasteiger partial charge in [-0.15, -0.1) is 0 Å². The second-order valence-corrected chi connectivity index (χ2v) is 11.1. The lowest BCUT2D eigenvalue weighted by Gasteiger charge is -2.58. The molecule has 4 saturated carbocycles. The SMILES string of the molecule is CC1(O)CC23C(O)C1CCC2(O)C(C)(O)C1C2OC2C(C)(C)C1(O)C(O)C3O. The Hall–Kier alpha value is -0.320. The standard InChI is InChI=1S/C20H32O8/c1-15(2)14-9(28-14)10-17(4,25)19(26)6-5-8-11(21)18(19,7-16(8,3)24)12(22)13(23)20(10,15)27/h8-14,21-27H,5-7H2,1-4H3. The van der Waals surface area contributed by atoms with Crippen molar-refractivity contribution in [2.45, 2.75) is 99.9 Å². The molecule has 1 heterocycles. The number of hydrogen-bond acceptors (Lipinski definition) is 8. The molecule has 1 saturated heterocycles. The summed E-state index contributed by atoms with van der Waals surface area (Å²) in [7, 11) is 0. The van der Waals surface area contributed by atoms with Gasteiger partial charge in [-0.3, -0.25) is 0 Å². The van der Waals surface area contributed by atoms with Gasteiger partial charge in [0.15, 0.2) is 0 Å². The number of epoxide rings is 1. The van der Waals surface area contributed by atoms with Gasteiger partial charge >= 0.3 is 0 Å². The van der Waals surface area contributed by atoms with Crippen molar-refractivity contribution < 1.29 is 40.5 Å². The van der Waals surface area contributed by atoms with Crippen LogP contribution in [0.3, 0.4) is 0 Å². The summed E-state index contributed by atoms with van der Waals surface area (Å²) < 4.78 is 5.71. The Morgan fingerprint density at radius 3 is 2.07 bits per heavy atom. The van der Waals surface area contributed by atoms with E-state index in [2.05, 4.69) is 0 Å². The third kappa shape index (κ3) is 1.61. The van der Waals surface area contributed by atoms with Crippen LogP contribution < -0.4 is 0 Å². The first-order valence-electron chi connectivity index (χ1n) is 10.2. The molecule has 12 unspecified atom stereocenters. The van der Waals surface area contributed by atoms with Gasteiger partial charge in [-0.2, -0.15) is 0 Å². The Morgan fingerprint density at radius 2 is 1.46 bits per heavy atom. The lowest BCUT2D eigenvalue weighted by molar-refractivity contribution is -0.287. The number of aliphatic hydroxyl groups is 7. The summed E-state index contributed by atoms with van der Waals surface area (Å²) in [5.41, 5.74) is -10.2. The molecule has 0 aromatic rings. The summed E-state index contributed by atoms with van der Waals surface area (Å²) in [6.07, 6.45) is -5.77. The maximum absolute atomic E-state index is 12.0. The summed E-state index contributed by atoms with van der Waals surface area (Å²) in [6.45, 7) is 6.36. The van der Waals surface area contributed by atoms with Crippen LogP contribution in [0.4, 0.5) is 0 Å². The summed E-state index contributed by atoms with van der Waals surface area (Å²) in [5, 5.41) is 80.4. The highest BCUT2D eigenvalue weighted by Gasteiger charge is 2.88. The van der Waals surface area contributed by atoms with Crippen LogP contribution in [0.15, 0.2) is 0 Å². The minimum atomic E-state index is -2.04. The minimum absolute atomic E-state index is 0.0199. The van der Waals surface area contributed by atoms with E-state index in [9.17, 15) is 35.7 Å². The van der Waals surface area contributed by atoms with Crippen molar-refractivity contribution in [1.29, 1.82) is 0 Å². The Morgan fingerprint density at radius 1 is 0.857 bits per heavy atom. The predicted molar refractivity (Wildman–Crippen MR) is 94.9 cm³/mol. The fourth-order valence-electron chi connectivity index (χ4n) is 8.16. The van der Waals surface area contributed by atoms with Crippen LogP contribution in [-0.4, -0.2) is 88.7 Å². The smallest absolute Gasteiger partial charge is 0.110 e. The molecule has 0 amide bonds. The molecule has 7 N–H and O–H groups in total. The van der Waals surface area contributed by atoms with Gasteiger partial charge in [0, 0.05) is 11.3 Å². The minimum Gasteiger partial charge on any atom is -0.392 e. The second-order valence-electron chi connectivity index (χ2n) is 11.1. The summed E-state index contributed by atoms with van der Waals surface area (Å²) >= 11 is 0. The van der Waals surface area contributed by atoms with Gasteiger partial charge in [0.05, 0.1) is 47.0 Å². The van der Waals surface area contributed by atoms with Crippen molar-refractivity contribution in [3.05, 3.63) is 0 Å². The third-order valence-corrected chi connectivity index (χ3v) is 9.74. The number of fused-ring (bicyclic) bond motifs is 4. The fraction of sp³-hybridized carbons (Fsp3) is 1.00. The summed E-state index contributed by atoms with van der Waals surface area (Å²) in [4.78, 5) is 0. The summed E-state index contributed by atoms with van der Waals surface area (Å²) in [6, 6.07) is 0. The maximum Gasteiger partial charge on any atom is 0.110 e. The first-order chi connectivity index (χ1) is 12.6. The second kappa shape index (κ2) is 4.78. The highest BCUT2D eigenvalue weighted by molar-refractivity contribution is 5.37. The van der Waals surface area contributed by atoms with Crippen LogP contribution in [-0.2, 0) is 4.74 Å². The van der Waals surface area contributed by atoms with Crippen LogP contribution in [0.2, 0.25) is 0 Å². The monoisotopic (exact) mass is 400 g/mol. The molecule has 0 aromatic carbocycles. The zero-order valence-corrected chi connectivity index (χ0v) is 16.7. The number of ether oxygens (including phenoxy) is 1. The van der Waals surface area contributed by atoms with Gasteiger partial charge in [-0.05, 0) is 33.1 Å². The zero-order valence-electron chi connectivity index (χ0n) is 16.7. The molecule has 0 radical (unpaired) electrons. The van der Waals surface area contributed by atoms with E-state index in [0.29, 0.717) is 0 Å². The van der Waals surface area contributed by atoms with E-state index in [1.165, 1.54) is 6.92 Å². The molecule has 5 rings (SSSR count). The predicted octanol–water partition coefficient (Wildman–Crippen LogP) is -1.73. The molecule has 12 atom stereocenters. The van der Waals surface area contributed by atoms with Gasteiger partial charge in [0.2, 0.25) is 0 Å². The van der Waals surface area contributed by atoms with E-state index in [1.807, 2.05) is 0 Å². The van der Waals surface area contributed by atoms with E-state index >= 15 is 0 Å². The first kappa shape index (κ1) is 19.6.